The fourth-order valence-electron chi connectivity index (χ4n) is 2.49. The molecule has 2 aromatic rings. The van der Waals surface area contributed by atoms with Crippen LogP contribution < -0.4 is 15.4 Å². The van der Waals surface area contributed by atoms with E-state index in [1.54, 1.807) is 24.4 Å². The zero-order valence-corrected chi connectivity index (χ0v) is 14.2. The van der Waals surface area contributed by atoms with Gasteiger partial charge in [0.1, 0.15) is 5.82 Å². The average molecular weight is 343 g/mol. The van der Waals surface area contributed by atoms with Gasteiger partial charge in [0, 0.05) is 19.3 Å². The van der Waals surface area contributed by atoms with E-state index in [4.69, 9.17) is 4.74 Å². The van der Waals surface area contributed by atoms with E-state index in [-0.39, 0.29) is 11.7 Å². The Morgan fingerprint density at radius 1 is 1.32 bits per heavy atom. The van der Waals surface area contributed by atoms with E-state index >= 15 is 0 Å². The summed E-state index contributed by atoms with van der Waals surface area (Å²) in [5.41, 5.74) is 1.31. The number of carbonyl (C=O) groups excluding carboxylic acids is 1. The van der Waals surface area contributed by atoms with E-state index in [2.05, 4.69) is 15.6 Å². The second kappa shape index (κ2) is 7.96. The lowest BCUT2D eigenvalue weighted by Crippen LogP contribution is -2.25. The van der Waals surface area contributed by atoms with Crippen molar-refractivity contribution in [1.29, 1.82) is 0 Å². The molecule has 3 rings (SSSR count). The highest BCUT2D eigenvalue weighted by molar-refractivity contribution is 5.94. The maximum atomic E-state index is 13.6. The van der Waals surface area contributed by atoms with Gasteiger partial charge in [-0.3, -0.25) is 4.79 Å². The van der Waals surface area contributed by atoms with Gasteiger partial charge in [0.15, 0.2) is 11.6 Å². The van der Waals surface area contributed by atoms with Gasteiger partial charge in [-0.15, -0.1) is 0 Å². The Morgan fingerprint density at radius 2 is 2.16 bits per heavy atom. The molecule has 0 saturated heterocycles. The zero-order valence-electron chi connectivity index (χ0n) is 14.2. The quantitative estimate of drug-likeness (QED) is 0.773. The van der Waals surface area contributed by atoms with E-state index < -0.39 is 5.82 Å². The summed E-state index contributed by atoms with van der Waals surface area (Å²) in [5, 5.41) is 6.09. The van der Waals surface area contributed by atoms with Crippen molar-refractivity contribution in [3.05, 3.63) is 53.5 Å². The summed E-state index contributed by atoms with van der Waals surface area (Å²) in [6.07, 6.45) is 4.68. The second-order valence-corrected chi connectivity index (χ2v) is 6.23. The molecule has 2 N–H and O–H groups in total. The number of nitrogens with zero attached hydrogens (tertiary/aromatic N) is 1. The van der Waals surface area contributed by atoms with Crippen LogP contribution in [-0.2, 0) is 6.42 Å². The molecule has 0 spiro atoms. The second-order valence-electron chi connectivity index (χ2n) is 6.23. The number of ether oxygens (including phenoxy) is 1. The summed E-state index contributed by atoms with van der Waals surface area (Å²) < 4.78 is 18.5. The Balaban J connectivity index is 1.46. The van der Waals surface area contributed by atoms with E-state index in [0.29, 0.717) is 18.5 Å². The molecular formula is C19H22FN3O2. The molecule has 1 fully saturated rings. The van der Waals surface area contributed by atoms with Gasteiger partial charge >= 0.3 is 0 Å². The molecule has 1 aliphatic carbocycles. The number of amides is 1. The summed E-state index contributed by atoms with van der Waals surface area (Å²) >= 11 is 0. The third-order valence-electron chi connectivity index (χ3n) is 4.21. The first-order valence-electron chi connectivity index (χ1n) is 8.46. The molecule has 0 unspecified atom stereocenters. The lowest BCUT2D eigenvalue weighted by Gasteiger charge is -2.08. The van der Waals surface area contributed by atoms with Crippen molar-refractivity contribution in [2.75, 3.05) is 25.5 Å². The summed E-state index contributed by atoms with van der Waals surface area (Å²) in [5.74, 6) is 1.19. The van der Waals surface area contributed by atoms with Gasteiger partial charge in [0.05, 0.1) is 12.7 Å². The van der Waals surface area contributed by atoms with Crippen molar-refractivity contribution in [3.63, 3.8) is 0 Å². The maximum absolute atomic E-state index is 13.6. The van der Waals surface area contributed by atoms with Gasteiger partial charge in [0.25, 0.3) is 5.91 Å². The van der Waals surface area contributed by atoms with E-state index in [0.717, 1.165) is 23.8 Å². The Kier molecular flexibility index (Phi) is 5.48. The number of nitrogens with one attached hydrogen (secondary N) is 2. The van der Waals surface area contributed by atoms with Crippen molar-refractivity contribution in [3.8, 4) is 5.75 Å². The molecule has 5 nitrogen and oxygen atoms in total. The fourth-order valence-corrected chi connectivity index (χ4v) is 2.49. The molecule has 0 radical (unpaired) electrons. The number of aromatic nitrogens is 1. The van der Waals surface area contributed by atoms with Gasteiger partial charge in [-0.1, -0.05) is 6.07 Å². The van der Waals surface area contributed by atoms with E-state index in [1.807, 2.05) is 6.07 Å². The van der Waals surface area contributed by atoms with E-state index in [9.17, 15) is 9.18 Å². The van der Waals surface area contributed by atoms with Crippen LogP contribution in [-0.4, -0.2) is 31.1 Å². The molecule has 0 bridgehead atoms. The smallest absolute Gasteiger partial charge is 0.252 e. The molecule has 1 saturated carbocycles. The number of anilines is 1. The lowest BCUT2D eigenvalue weighted by molar-refractivity contribution is 0.0954. The topological polar surface area (TPSA) is 63.2 Å². The summed E-state index contributed by atoms with van der Waals surface area (Å²) in [4.78, 5) is 16.4. The first kappa shape index (κ1) is 17.2. The standard InChI is InChI=1S/C19H22FN3O2/c1-25-17-6-4-13(10-16(17)20)8-9-21-19(24)15-5-7-18(23-12-15)22-11-14-2-3-14/h4-7,10,12,14H,2-3,8-9,11H2,1H3,(H,21,24)(H,22,23). The van der Waals surface area contributed by atoms with Crippen LogP contribution in [0.3, 0.4) is 0 Å². The highest BCUT2D eigenvalue weighted by Crippen LogP contribution is 2.28. The van der Waals surface area contributed by atoms with Crippen LogP contribution >= 0.6 is 0 Å². The highest BCUT2D eigenvalue weighted by Gasteiger charge is 2.20. The Hall–Kier alpha value is -2.63. The van der Waals surface area contributed by atoms with Crippen molar-refractivity contribution in [1.82, 2.24) is 10.3 Å². The summed E-state index contributed by atoms with van der Waals surface area (Å²) in [7, 11) is 1.43. The number of halogens is 1. The van der Waals surface area contributed by atoms with Crippen molar-refractivity contribution >= 4 is 11.7 Å². The largest absolute Gasteiger partial charge is 0.494 e. The minimum Gasteiger partial charge on any atom is -0.494 e. The van der Waals surface area contributed by atoms with Crippen LogP contribution in [0.5, 0.6) is 5.75 Å². The van der Waals surface area contributed by atoms with Gasteiger partial charge < -0.3 is 15.4 Å². The number of carbonyl (C=O) groups is 1. The third kappa shape index (κ3) is 4.92. The third-order valence-corrected chi connectivity index (χ3v) is 4.21. The molecule has 132 valence electrons. The fraction of sp³-hybridized carbons (Fsp3) is 0.368. The Bertz CT molecular complexity index is 730. The number of hydrogen-bond donors (Lipinski definition) is 2. The molecule has 0 atom stereocenters. The first-order valence-corrected chi connectivity index (χ1v) is 8.46. The van der Waals surface area contributed by atoms with Crippen molar-refractivity contribution in [2.24, 2.45) is 5.92 Å². The number of hydrogen-bond acceptors (Lipinski definition) is 4. The predicted molar refractivity (Wildman–Crippen MR) is 94.4 cm³/mol. The predicted octanol–water partition coefficient (Wildman–Crippen LogP) is 3.02. The lowest BCUT2D eigenvalue weighted by atomic mass is 10.1. The van der Waals surface area contributed by atoms with Crippen LogP contribution in [0.25, 0.3) is 0 Å². The van der Waals surface area contributed by atoms with Gasteiger partial charge in [-0.05, 0) is 55.0 Å². The summed E-state index contributed by atoms with van der Waals surface area (Å²) in [6.45, 7) is 1.36. The number of rotatable bonds is 8. The molecule has 1 heterocycles. The minimum absolute atomic E-state index is 0.185. The molecule has 6 heteroatoms. The Morgan fingerprint density at radius 3 is 2.80 bits per heavy atom. The monoisotopic (exact) mass is 343 g/mol. The van der Waals surface area contributed by atoms with Crippen molar-refractivity contribution < 1.29 is 13.9 Å². The van der Waals surface area contributed by atoms with Gasteiger partial charge in [-0.2, -0.15) is 0 Å². The SMILES string of the molecule is COc1ccc(CCNC(=O)c2ccc(NCC3CC3)nc2)cc1F. The molecular weight excluding hydrogens is 321 g/mol. The first-order chi connectivity index (χ1) is 12.2. The summed E-state index contributed by atoms with van der Waals surface area (Å²) in [6, 6.07) is 8.37. The molecule has 1 aromatic carbocycles. The highest BCUT2D eigenvalue weighted by atomic mass is 19.1. The van der Waals surface area contributed by atoms with Gasteiger partial charge in [0.2, 0.25) is 0 Å². The van der Waals surface area contributed by atoms with Crippen LogP contribution in [0.4, 0.5) is 10.2 Å². The molecule has 25 heavy (non-hydrogen) atoms. The molecule has 0 aliphatic heterocycles. The van der Waals surface area contributed by atoms with Crippen LogP contribution in [0.15, 0.2) is 36.5 Å². The van der Waals surface area contributed by atoms with Crippen LogP contribution in [0.1, 0.15) is 28.8 Å². The van der Waals surface area contributed by atoms with Gasteiger partial charge in [-0.25, -0.2) is 9.37 Å². The number of methoxy groups -OCH3 is 1. The zero-order chi connectivity index (χ0) is 17.6. The Labute approximate surface area is 146 Å². The maximum Gasteiger partial charge on any atom is 0.252 e. The average Bonchev–Trinajstić information content (AvgIpc) is 3.45. The minimum atomic E-state index is -0.398. The normalized spacial score (nSPS) is 13.4. The van der Waals surface area contributed by atoms with Crippen molar-refractivity contribution in [2.45, 2.75) is 19.3 Å². The number of benzene rings is 1. The molecule has 1 aromatic heterocycles. The van der Waals surface area contributed by atoms with E-state index in [1.165, 1.54) is 26.0 Å². The number of pyridine rings is 1. The van der Waals surface area contributed by atoms with Crippen LogP contribution in [0, 0.1) is 11.7 Å². The molecule has 1 aliphatic rings. The molecule has 1 amide bonds. The van der Waals surface area contributed by atoms with Crippen LogP contribution in [0.2, 0.25) is 0 Å².